The highest BCUT2D eigenvalue weighted by molar-refractivity contribution is 7.88. The van der Waals surface area contributed by atoms with Crippen LogP contribution in [-0.4, -0.2) is 91.1 Å². The van der Waals surface area contributed by atoms with Crippen LogP contribution in [0.5, 0.6) is 0 Å². The van der Waals surface area contributed by atoms with Gasteiger partial charge in [-0.2, -0.15) is 4.31 Å². The van der Waals surface area contributed by atoms with E-state index in [4.69, 9.17) is 5.11 Å². The Kier molecular flexibility index (Phi) is 6.11. The highest BCUT2D eigenvalue weighted by Crippen LogP contribution is 2.07. The van der Waals surface area contributed by atoms with Crippen molar-refractivity contribution >= 4 is 21.9 Å². The van der Waals surface area contributed by atoms with Crippen molar-refractivity contribution in [3.05, 3.63) is 0 Å². The number of carboxylic acids is 1. The molecule has 0 saturated carbocycles. The molecule has 0 aromatic carbocycles. The second kappa shape index (κ2) is 7.19. The molecule has 0 aromatic heterocycles. The Morgan fingerprint density at radius 1 is 1.14 bits per heavy atom. The lowest BCUT2D eigenvalue weighted by molar-refractivity contribution is -0.140. The van der Waals surface area contributed by atoms with Crippen LogP contribution in [0.4, 0.5) is 0 Å². The molecule has 1 fully saturated rings. The molecule has 1 rings (SSSR count). The van der Waals surface area contributed by atoms with Crippen LogP contribution in [0.1, 0.15) is 13.8 Å². The Balaban J connectivity index is 2.55. The second-order valence-corrected chi connectivity index (χ2v) is 7.42. The summed E-state index contributed by atoms with van der Waals surface area (Å²) in [4.78, 5) is 26.1. The average Bonchev–Trinajstić information content (AvgIpc) is 2.36. The molecule has 8 nitrogen and oxygen atoms in total. The Morgan fingerprint density at radius 3 is 2.05 bits per heavy atom. The molecule has 21 heavy (non-hydrogen) atoms. The quantitative estimate of drug-likeness (QED) is 0.666. The molecule has 0 aliphatic carbocycles. The van der Waals surface area contributed by atoms with E-state index in [0.29, 0.717) is 13.1 Å². The van der Waals surface area contributed by atoms with E-state index < -0.39 is 16.0 Å². The van der Waals surface area contributed by atoms with Crippen molar-refractivity contribution in [3.63, 3.8) is 0 Å². The first-order chi connectivity index (χ1) is 9.61. The standard InChI is InChI=1S/C12H23N3O5S/c1-10(2)14(9-12(17)18)8-11(16)13-4-6-15(7-5-13)21(3,19)20/h10H,4-9H2,1-3H3,(H,17,18). The highest BCUT2D eigenvalue weighted by Gasteiger charge is 2.27. The number of amides is 1. The van der Waals surface area contributed by atoms with Gasteiger partial charge in [-0.15, -0.1) is 0 Å². The Labute approximate surface area is 125 Å². The number of nitrogens with zero attached hydrogens (tertiary/aromatic N) is 3. The van der Waals surface area contributed by atoms with Crippen LogP contribution in [0.25, 0.3) is 0 Å². The van der Waals surface area contributed by atoms with E-state index in [2.05, 4.69) is 0 Å². The molecular formula is C12H23N3O5S. The van der Waals surface area contributed by atoms with Gasteiger partial charge in [-0.05, 0) is 13.8 Å². The van der Waals surface area contributed by atoms with Crippen LogP contribution < -0.4 is 0 Å². The van der Waals surface area contributed by atoms with Crippen LogP contribution in [0.15, 0.2) is 0 Å². The van der Waals surface area contributed by atoms with Gasteiger partial charge in [0.05, 0.1) is 19.3 Å². The first kappa shape index (κ1) is 17.9. The molecule has 1 heterocycles. The number of piperazine rings is 1. The zero-order valence-corrected chi connectivity index (χ0v) is 13.5. The van der Waals surface area contributed by atoms with Crippen LogP contribution in [0.2, 0.25) is 0 Å². The van der Waals surface area contributed by atoms with Crippen molar-refractivity contribution in [2.24, 2.45) is 0 Å². The smallest absolute Gasteiger partial charge is 0.317 e. The molecule has 1 aliphatic rings. The number of aliphatic carboxylic acids is 1. The minimum atomic E-state index is -3.22. The van der Waals surface area contributed by atoms with E-state index in [-0.39, 0.29) is 38.1 Å². The third kappa shape index (κ3) is 5.60. The summed E-state index contributed by atoms with van der Waals surface area (Å²) in [5.74, 6) is -1.14. The Hall–Kier alpha value is -1.19. The zero-order chi connectivity index (χ0) is 16.2. The molecule has 1 aliphatic heterocycles. The molecule has 1 N–H and O–H groups in total. The number of carbonyl (C=O) groups is 2. The summed E-state index contributed by atoms with van der Waals surface area (Å²) < 4.78 is 24.1. The zero-order valence-electron chi connectivity index (χ0n) is 12.7. The molecule has 1 saturated heterocycles. The summed E-state index contributed by atoms with van der Waals surface area (Å²) in [5, 5.41) is 8.84. The van der Waals surface area contributed by atoms with Gasteiger partial charge in [-0.1, -0.05) is 0 Å². The Bertz CT molecular complexity index is 483. The fourth-order valence-electron chi connectivity index (χ4n) is 2.14. The SMILES string of the molecule is CC(C)N(CC(=O)O)CC(=O)N1CCN(S(C)(=O)=O)CC1. The number of carboxylic acid groups (broad SMARTS) is 1. The molecule has 122 valence electrons. The topological polar surface area (TPSA) is 98.2 Å². The maximum atomic E-state index is 12.2. The van der Waals surface area contributed by atoms with Crippen molar-refractivity contribution in [2.45, 2.75) is 19.9 Å². The summed E-state index contributed by atoms with van der Waals surface area (Å²) in [6.07, 6.45) is 1.15. The highest BCUT2D eigenvalue weighted by atomic mass is 32.2. The van der Waals surface area contributed by atoms with Crippen LogP contribution in [0.3, 0.4) is 0 Å². The predicted octanol–water partition coefficient (Wildman–Crippen LogP) is -1.11. The molecular weight excluding hydrogens is 298 g/mol. The lowest BCUT2D eigenvalue weighted by Gasteiger charge is -2.35. The van der Waals surface area contributed by atoms with Crippen molar-refractivity contribution in [1.29, 1.82) is 0 Å². The molecule has 9 heteroatoms. The number of hydrogen-bond donors (Lipinski definition) is 1. The minimum Gasteiger partial charge on any atom is -0.480 e. The van der Waals surface area contributed by atoms with Crippen molar-refractivity contribution in [3.8, 4) is 0 Å². The van der Waals surface area contributed by atoms with Gasteiger partial charge in [-0.3, -0.25) is 14.5 Å². The summed E-state index contributed by atoms with van der Waals surface area (Å²) in [6, 6.07) is -0.0534. The molecule has 0 unspecified atom stereocenters. The predicted molar refractivity (Wildman–Crippen MR) is 77.3 cm³/mol. The Morgan fingerprint density at radius 2 is 1.67 bits per heavy atom. The number of hydrogen-bond acceptors (Lipinski definition) is 5. The monoisotopic (exact) mass is 321 g/mol. The summed E-state index contributed by atoms with van der Waals surface area (Å²) in [7, 11) is -3.22. The van der Waals surface area contributed by atoms with Gasteiger partial charge in [0.15, 0.2) is 0 Å². The summed E-state index contributed by atoms with van der Waals surface area (Å²) >= 11 is 0. The van der Waals surface area contributed by atoms with Gasteiger partial charge in [0.25, 0.3) is 0 Å². The van der Waals surface area contributed by atoms with Crippen LogP contribution in [-0.2, 0) is 19.6 Å². The fourth-order valence-corrected chi connectivity index (χ4v) is 2.96. The number of rotatable bonds is 6. The van der Waals surface area contributed by atoms with E-state index in [1.807, 2.05) is 13.8 Å². The van der Waals surface area contributed by atoms with Gasteiger partial charge in [-0.25, -0.2) is 8.42 Å². The average molecular weight is 321 g/mol. The third-order valence-electron chi connectivity index (χ3n) is 3.47. The molecule has 0 aromatic rings. The fraction of sp³-hybridized carbons (Fsp3) is 0.833. The van der Waals surface area contributed by atoms with E-state index >= 15 is 0 Å². The lowest BCUT2D eigenvalue weighted by atomic mass is 10.3. The third-order valence-corrected chi connectivity index (χ3v) is 4.77. The van der Waals surface area contributed by atoms with Gasteiger partial charge in [0, 0.05) is 32.2 Å². The van der Waals surface area contributed by atoms with Crippen molar-refractivity contribution in [1.82, 2.24) is 14.1 Å². The van der Waals surface area contributed by atoms with Crippen LogP contribution >= 0.6 is 0 Å². The summed E-state index contributed by atoms with van der Waals surface area (Å²) in [5.41, 5.74) is 0. The van der Waals surface area contributed by atoms with Crippen molar-refractivity contribution < 1.29 is 23.1 Å². The molecule has 1 amide bonds. The maximum Gasteiger partial charge on any atom is 0.317 e. The van der Waals surface area contributed by atoms with E-state index in [1.165, 1.54) is 4.31 Å². The minimum absolute atomic E-state index is 0.0306. The van der Waals surface area contributed by atoms with Gasteiger partial charge in [0.1, 0.15) is 0 Å². The van der Waals surface area contributed by atoms with Gasteiger partial charge < -0.3 is 10.0 Å². The van der Waals surface area contributed by atoms with Crippen molar-refractivity contribution in [2.75, 3.05) is 45.5 Å². The normalized spacial score (nSPS) is 17.5. The number of sulfonamides is 1. The maximum absolute atomic E-state index is 12.2. The first-order valence-electron chi connectivity index (χ1n) is 6.80. The van der Waals surface area contributed by atoms with E-state index in [9.17, 15) is 18.0 Å². The summed E-state index contributed by atoms with van der Waals surface area (Å²) in [6.45, 7) is 4.75. The molecule has 0 bridgehead atoms. The second-order valence-electron chi connectivity index (χ2n) is 5.44. The molecule has 0 radical (unpaired) electrons. The lowest BCUT2D eigenvalue weighted by Crippen LogP contribution is -2.53. The number of carbonyl (C=O) groups excluding carboxylic acids is 1. The van der Waals surface area contributed by atoms with Crippen LogP contribution in [0, 0.1) is 0 Å². The van der Waals surface area contributed by atoms with E-state index in [0.717, 1.165) is 6.26 Å². The largest absolute Gasteiger partial charge is 0.480 e. The van der Waals surface area contributed by atoms with Gasteiger partial charge in [0.2, 0.25) is 15.9 Å². The molecule has 0 atom stereocenters. The molecule has 0 spiro atoms. The first-order valence-corrected chi connectivity index (χ1v) is 8.65. The van der Waals surface area contributed by atoms with Gasteiger partial charge >= 0.3 is 5.97 Å². The van der Waals surface area contributed by atoms with E-state index in [1.54, 1.807) is 9.80 Å².